The Morgan fingerprint density at radius 1 is 1.03 bits per heavy atom. The fourth-order valence-corrected chi connectivity index (χ4v) is 4.47. The van der Waals surface area contributed by atoms with Gasteiger partial charge in [-0.2, -0.15) is 13.2 Å². The van der Waals surface area contributed by atoms with Crippen LogP contribution in [0.25, 0.3) is 16.8 Å². The fraction of sp³-hybridized carbons (Fsp3) is 0.333. The minimum absolute atomic E-state index is 0.0456. The van der Waals surface area contributed by atoms with Crippen molar-refractivity contribution in [2.24, 2.45) is 11.8 Å². The first-order valence-electron chi connectivity index (χ1n) is 11.7. The summed E-state index contributed by atoms with van der Waals surface area (Å²) in [6.45, 7) is 6.13. The summed E-state index contributed by atoms with van der Waals surface area (Å²) in [6, 6.07) is 9.29. The first-order valence-corrected chi connectivity index (χ1v) is 11.7. The third kappa shape index (κ3) is 5.90. The molecule has 1 aliphatic rings. The van der Waals surface area contributed by atoms with Crippen LogP contribution < -0.4 is 5.32 Å². The van der Waals surface area contributed by atoms with Crippen LogP contribution in [-0.4, -0.2) is 28.0 Å². The molecule has 1 N–H and O–H groups in total. The predicted molar refractivity (Wildman–Crippen MR) is 131 cm³/mol. The van der Waals surface area contributed by atoms with Crippen LogP contribution in [-0.2, 0) is 15.7 Å². The zero-order valence-corrected chi connectivity index (χ0v) is 20.1. The highest BCUT2D eigenvalue weighted by Gasteiger charge is 2.31. The number of methoxy groups -OCH3 is 1. The Morgan fingerprint density at radius 2 is 1.75 bits per heavy atom. The van der Waals surface area contributed by atoms with E-state index in [0.717, 1.165) is 66.4 Å². The molecular weight excluding hydrogens is 469 g/mol. The molecule has 1 fully saturated rings. The third-order valence-electron chi connectivity index (χ3n) is 6.46. The van der Waals surface area contributed by atoms with Crippen LogP contribution in [0.4, 0.5) is 24.8 Å². The van der Waals surface area contributed by atoms with Crippen molar-refractivity contribution in [3.05, 3.63) is 72.2 Å². The maximum Gasteiger partial charge on any atom is 0.416 e. The van der Waals surface area contributed by atoms with Gasteiger partial charge in [0.2, 0.25) is 0 Å². The molecule has 9 heteroatoms. The standard InChI is InChI=1S/C27H27F3N4O2/c1-16-12-23(33-25(13-16)34-24-14-21(10-11-31-24)27(28,29)30)20-8-9-22(32-15-20)17(2)18-4-6-19(7-5-18)26(35)36-3/h8-15,18-19H,2,4-7H2,1,3H3,(H,31,33,34). The number of hydrogen-bond acceptors (Lipinski definition) is 6. The molecule has 0 aromatic carbocycles. The van der Waals surface area contributed by atoms with Crippen molar-refractivity contribution in [1.82, 2.24) is 15.0 Å². The number of carbonyl (C=O) groups is 1. The highest BCUT2D eigenvalue weighted by Crippen LogP contribution is 2.37. The molecule has 0 amide bonds. The van der Waals surface area contributed by atoms with E-state index in [1.165, 1.54) is 7.11 Å². The molecule has 0 radical (unpaired) electrons. The lowest BCUT2D eigenvalue weighted by Gasteiger charge is -2.28. The van der Waals surface area contributed by atoms with Gasteiger partial charge in [-0.3, -0.25) is 9.78 Å². The van der Waals surface area contributed by atoms with Crippen LogP contribution in [0.5, 0.6) is 0 Å². The van der Waals surface area contributed by atoms with E-state index in [4.69, 9.17) is 4.74 Å². The van der Waals surface area contributed by atoms with Crippen LogP contribution in [0.1, 0.15) is 42.5 Å². The van der Waals surface area contributed by atoms with Crippen LogP contribution in [0.3, 0.4) is 0 Å². The van der Waals surface area contributed by atoms with Gasteiger partial charge in [0.15, 0.2) is 0 Å². The van der Waals surface area contributed by atoms with Crippen LogP contribution in [0, 0.1) is 18.8 Å². The van der Waals surface area contributed by atoms with E-state index in [1.54, 1.807) is 12.3 Å². The maximum absolute atomic E-state index is 13.0. The summed E-state index contributed by atoms with van der Waals surface area (Å²) in [5, 5.41) is 2.87. The van der Waals surface area contributed by atoms with E-state index in [-0.39, 0.29) is 23.6 Å². The number of hydrogen-bond donors (Lipinski definition) is 1. The lowest BCUT2D eigenvalue weighted by atomic mass is 9.78. The molecule has 6 nitrogen and oxygen atoms in total. The van der Waals surface area contributed by atoms with E-state index in [1.807, 2.05) is 25.1 Å². The molecule has 1 saturated carbocycles. The zero-order valence-electron chi connectivity index (χ0n) is 20.1. The number of allylic oxidation sites excluding steroid dienone is 1. The normalized spacial score (nSPS) is 17.9. The Hall–Kier alpha value is -3.75. The number of alkyl halides is 3. The smallest absolute Gasteiger partial charge is 0.416 e. The molecule has 0 saturated heterocycles. The van der Waals surface area contributed by atoms with Gasteiger partial charge in [0.25, 0.3) is 0 Å². The molecule has 4 rings (SSSR count). The number of esters is 1. The molecule has 0 unspecified atom stereocenters. The monoisotopic (exact) mass is 496 g/mol. The van der Waals surface area contributed by atoms with E-state index < -0.39 is 11.7 Å². The van der Waals surface area contributed by atoms with Crippen LogP contribution in [0.2, 0.25) is 0 Å². The van der Waals surface area contributed by atoms with E-state index >= 15 is 0 Å². The van der Waals surface area contributed by atoms with Gasteiger partial charge in [0, 0.05) is 18.0 Å². The average Bonchev–Trinajstić information content (AvgIpc) is 2.87. The van der Waals surface area contributed by atoms with E-state index in [2.05, 4.69) is 26.8 Å². The highest BCUT2D eigenvalue weighted by atomic mass is 19.4. The second-order valence-electron chi connectivity index (χ2n) is 9.00. The summed E-state index contributed by atoms with van der Waals surface area (Å²) in [5.74, 6) is 0.506. The number of ether oxygens (including phenoxy) is 1. The number of carbonyl (C=O) groups excluding carboxylic acids is 1. The molecule has 0 spiro atoms. The summed E-state index contributed by atoms with van der Waals surface area (Å²) in [7, 11) is 1.42. The molecule has 188 valence electrons. The van der Waals surface area contributed by atoms with Gasteiger partial charge in [-0.25, -0.2) is 9.97 Å². The number of pyridine rings is 3. The van der Waals surface area contributed by atoms with Gasteiger partial charge in [-0.1, -0.05) is 6.58 Å². The van der Waals surface area contributed by atoms with E-state index in [9.17, 15) is 18.0 Å². The summed E-state index contributed by atoms with van der Waals surface area (Å²) in [5.41, 5.74) is 3.23. The second-order valence-corrected chi connectivity index (χ2v) is 9.00. The van der Waals surface area contributed by atoms with Gasteiger partial charge in [-0.15, -0.1) is 0 Å². The molecule has 3 aromatic rings. The number of aryl methyl sites for hydroxylation is 1. The molecule has 1 aliphatic carbocycles. The Morgan fingerprint density at radius 3 is 2.39 bits per heavy atom. The summed E-state index contributed by atoms with van der Waals surface area (Å²) >= 11 is 0. The fourth-order valence-electron chi connectivity index (χ4n) is 4.47. The molecule has 0 aliphatic heterocycles. The Bertz CT molecular complexity index is 1250. The first kappa shape index (κ1) is 25.3. The zero-order chi connectivity index (χ0) is 25.9. The number of nitrogens with one attached hydrogen (secondary N) is 1. The SMILES string of the molecule is C=C(c1ccc(-c2cc(C)cc(Nc3cc(C(F)(F)F)ccn3)n2)cn1)C1CCC(C(=O)OC)CC1. The second kappa shape index (κ2) is 10.5. The summed E-state index contributed by atoms with van der Waals surface area (Å²) in [4.78, 5) is 24.9. The van der Waals surface area contributed by atoms with Gasteiger partial charge in [-0.05, 0) is 86.1 Å². The van der Waals surface area contributed by atoms with Crippen molar-refractivity contribution in [2.75, 3.05) is 12.4 Å². The first-order chi connectivity index (χ1) is 17.1. The van der Waals surface area contributed by atoms with Crippen molar-refractivity contribution in [3.63, 3.8) is 0 Å². The summed E-state index contributed by atoms with van der Waals surface area (Å²) in [6.07, 6.45) is 1.65. The Balaban J connectivity index is 1.47. The van der Waals surface area contributed by atoms with Crippen molar-refractivity contribution >= 4 is 23.2 Å². The number of nitrogens with zero attached hydrogens (tertiary/aromatic N) is 3. The predicted octanol–water partition coefficient (Wildman–Crippen LogP) is 6.60. The highest BCUT2D eigenvalue weighted by molar-refractivity contribution is 5.73. The molecule has 3 heterocycles. The Kier molecular flexibility index (Phi) is 7.37. The molecule has 0 bridgehead atoms. The van der Waals surface area contributed by atoms with Crippen molar-refractivity contribution in [2.45, 2.75) is 38.8 Å². The maximum atomic E-state index is 13.0. The molecule has 0 atom stereocenters. The lowest BCUT2D eigenvalue weighted by Crippen LogP contribution is -2.23. The molecule has 36 heavy (non-hydrogen) atoms. The topological polar surface area (TPSA) is 77.0 Å². The minimum atomic E-state index is -4.46. The minimum Gasteiger partial charge on any atom is -0.469 e. The van der Waals surface area contributed by atoms with Gasteiger partial charge < -0.3 is 10.1 Å². The number of rotatable bonds is 6. The third-order valence-corrected chi connectivity index (χ3v) is 6.46. The number of aromatic nitrogens is 3. The summed E-state index contributed by atoms with van der Waals surface area (Å²) < 4.78 is 43.9. The van der Waals surface area contributed by atoms with Crippen molar-refractivity contribution < 1.29 is 22.7 Å². The Labute approximate surface area is 207 Å². The number of anilines is 2. The van der Waals surface area contributed by atoms with Crippen LogP contribution >= 0.6 is 0 Å². The number of halogens is 3. The van der Waals surface area contributed by atoms with Crippen molar-refractivity contribution in [1.29, 1.82) is 0 Å². The van der Waals surface area contributed by atoms with Gasteiger partial charge in [0.05, 0.1) is 30.0 Å². The van der Waals surface area contributed by atoms with E-state index in [0.29, 0.717) is 11.5 Å². The van der Waals surface area contributed by atoms with Crippen LogP contribution in [0.15, 0.2) is 55.4 Å². The van der Waals surface area contributed by atoms with Gasteiger partial charge >= 0.3 is 12.1 Å². The molecular formula is C27H27F3N4O2. The van der Waals surface area contributed by atoms with Gasteiger partial charge in [0.1, 0.15) is 11.6 Å². The molecule has 3 aromatic heterocycles. The quantitative estimate of drug-likeness (QED) is 0.388. The lowest BCUT2D eigenvalue weighted by molar-refractivity contribution is -0.146. The van der Waals surface area contributed by atoms with Crippen molar-refractivity contribution in [3.8, 4) is 11.3 Å². The largest absolute Gasteiger partial charge is 0.469 e. The average molecular weight is 497 g/mol.